The average molecular weight is 365 g/mol. The number of allylic oxidation sites excluding steroid dienone is 1. The van der Waals surface area contributed by atoms with Crippen molar-refractivity contribution >= 4 is 5.97 Å². The molecule has 1 aliphatic rings. The van der Waals surface area contributed by atoms with E-state index in [4.69, 9.17) is 4.74 Å². The highest BCUT2D eigenvalue weighted by Gasteiger charge is 1.98. The smallest absolute Gasteiger partial charge is 0.330 e. The summed E-state index contributed by atoms with van der Waals surface area (Å²) in [6.45, 7) is 0.586. The van der Waals surface area contributed by atoms with Crippen LogP contribution in [0.1, 0.15) is 128 Å². The van der Waals surface area contributed by atoms with Gasteiger partial charge in [0.15, 0.2) is 0 Å². The van der Waals surface area contributed by atoms with E-state index in [0.717, 1.165) is 12.8 Å². The van der Waals surface area contributed by atoms with Crippen LogP contribution in [-0.2, 0) is 9.53 Å². The van der Waals surface area contributed by atoms with E-state index in [2.05, 4.69) is 0 Å². The Morgan fingerprint density at radius 3 is 1.27 bits per heavy atom. The molecule has 0 aliphatic carbocycles. The van der Waals surface area contributed by atoms with Crippen LogP contribution in [0, 0.1) is 0 Å². The molecule has 26 heavy (non-hydrogen) atoms. The zero-order valence-electron chi connectivity index (χ0n) is 17.3. The van der Waals surface area contributed by atoms with Crippen molar-refractivity contribution in [3.63, 3.8) is 0 Å². The van der Waals surface area contributed by atoms with Crippen molar-refractivity contribution in [2.75, 3.05) is 6.61 Å². The molecule has 0 unspecified atom stereocenters. The zero-order chi connectivity index (χ0) is 18.5. The second kappa shape index (κ2) is 19.0. The van der Waals surface area contributed by atoms with E-state index in [-0.39, 0.29) is 5.97 Å². The first-order chi connectivity index (χ1) is 12.9. The molecule has 0 aromatic heterocycles. The lowest BCUT2D eigenvalue weighted by Gasteiger charge is -2.04. The highest BCUT2D eigenvalue weighted by molar-refractivity contribution is 5.81. The molecule has 0 saturated heterocycles. The Morgan fingerprint density at radius 1 is 0.500 bits per heavy atom. The highest BCUT2D eigenvalue weighted by atomic mass is 16.5. The Kier molecular flexibility index (Phi) is 17.0. The Balaban J connectivity index is 2.12. The largest absolute Gasteiger partial charge is 0.463 e. The monoisotopic (exact) mass is 364 g/mol. The van der Waals surface area contributed by atoms with Crippen LogP contribution < -0.4 is 0 Å². The Bertz CT molecular complexity index is 335. The van der Waals surface area contributed by atoms with Gasteiger partial charge in [-0.1, -0.05) is 115 Å². The van der Waals surface area contributed by atoms with E-state index in [1.807, 2.05) is 6.08 Å². The first kappa shape index (κ1) is 23.2. The first-order valence-corrected chi connectivity index (χ1v) is 11.7. The summed E-state index contributed by atoms with van der Waals surface area (Å²) in [5.41, 5.74) is 0. The van der Waals surface area contributed by atoms with Crippen molar-refractivity contribution in [1.82, 2.24) is 0 Å². The molecule has 2 nitrogen and oxygen atoms in total. The minimum Gasteiger partial charge on any atom is -0.463 e. The molecule has 1 aliphatic heterocycles. The van der Waals surface area contributed by atoms with Crippen LogP contribution in [0.2, 0.25) is 0 Å². The van der Waals surface area contributed by atoms with Gasteiger partial charge in [-0.15, -0.1) is 0 Å². The topological polar surface area (TPSA) is 26.3 Å². The summed E-state index contributed by atoms with van der Waals surface area (Å²) in [5, 5.41) is 0. The summed E-state index contributed by atoms with van der Waals surface area (Å²) < 4.78 is 5.27. The molecule has 1 rings (SSSR count). The molecule has 0 bridgehead atoms. The number of rotatable bonds is 0. The predicted molar refractivity (Wildman–Crippen MR) is 112 cm³/mol. The number of carbonyl (C=O) groups excluding carboxylic acids is 1. The summed E-state index contributed by atoms with van der Waals surface area (Å²) >= 11 is 0. The third-order valence-electron chi connectivity index (χ3n) is 5.51. The lowest BCUT2D eigenvalue weighted by molar-refractivity contribution is -0.137. The molecule has 0 radical (unpaired) electrons. The fourth-order valence-electron chi connectivity index (χ4n) is 3.77. The zero-order valence-corrected chi connectivity index (χ0v) is 17.3. The maximum absolute atomic E-state index is 11.6. The number of esters is 1. The standard InChI is InChI=1S/C24H44O2/c25-24-22-20-18-16-14-12-10-8-6-4-2-1-3-5-7-9-11-13-15-17-19-21-23-26-24/h20,22H,1-19,21,23H2/b22-20-. The van der Waals surface area contributed by atoms with Crippen molar-refractivity contribution in [1.29, 1.82) is 0 Å². The van der Waals surface area contributed by atoms with Crippen LogP contribution in [0.4, 0.5) is 0 Å². The molecule has 0 aromatic rings. The Hall–Kier alpha value is -0.790. The van der Waals surface area contributed by atoms with E-state index in [0.29, 0.717) is 6.61 Å². The molecular formula is C24H44O2. The SMILES string of the molecule is O=C1/C=C\CCCCCCCCCCCCCCCCCCCCCO1. The van der Waals surface area contributed by atoms with Gasteiger partial charge in [0.2, 0.25) is 0 Å². The van der Waals surface area contributed by atoms with Crippen LogP contribution in [0.5, 0.6) is 0 Å². The number of carbonyl (C=O) groups is 1. The molecule has 0 atom stereocenters. The van der Waals surface area contributed by atoms with E-state index in [9.17, 15) is 4.79 Å². The lowest BCUT2D eigenvalue weighted by Crippen LogP contribution is -2.02. The molecule has 152 valence electrons. The van der Waals surface area contributed by atoms with Gasteiger partial charge < -0.3 is 4.74 Å². The van der Waals surface area contributed by atoms with Gasteiger partial charge in [-0.25, -0.2) is 4.79 Å². The summed E-state index contributed by atoms with van der Waals surface area (Å²) in [6, 6.07) is 0. The normalized spacial score (nSPS) is 23.9. The lowest BCUT2D eigenvalue weighted by atomic mass is 10.0. The second-order valence-corrected chi connectivity index (χ2v) is 8.08. The number of ether oxygens (including phenoxy) is 1. The quantitative estimate of drug-likeness (QED) is 0.408. The molecule has 0 spiro atoms. The molecule has 0 saturated carbocycles. The first-order valence-electron chi connectivity index (χ1n) is 11.7. The fourth-order valence-corrected chi connectivity index (χ4v) is 3.77. The van der Waals surface area contributed by atoms with Crippen molar-refractivity contribution in [3.05, 3.63) is 12.2 Å². The highest BCUT2D eigenvalue weighted by Crippen LogP contribution is 2.15. The fraction of sp³-hybridized carbons (Fsp3) is 0.875. The van der Waals surface area contributed by atoms with Crippen molar-refractivity contribution < 1.29 is 9.53 Å². The van der Waals surface area contributed by atoms with Gasteiger partial charge in [0.05, 0.1) is 6.61 Å². The van der Waals surface area contributed by atoms with Crippen LogP contribution in [0.25, 0.3) is 0 Å². The number of hydrogen-bond acceptors (Lipinski definition) is 2. The Morgan fingerprint density at radius 2 is 0.846 bits per heavy atom. The summed E-state index contributed by atoms with van der Waals surface area (Å²) in [7, 11) is 0. The Labute approximate surface area is 163 Å². The van der Waals surface area contributed by atoms with Gasteiger partial charge in [0, 0.05) is 6.08 Å². The maximum atomic E-state index is 11.6. The summed E-state index contributed by atoms with van der Waals surface area (Å²) in [6.07, 6.45) is 30.4. The average Bonchev–Trinajstić information content (AvgIpc) is 2.64. The van der Waals surface area contributed by atoms with Crippen LogP contribution in [0.3, 0.4) is 0 Å². The molecule has 1 heterocycles. The third-order valence-corrected chi connectivity index (χ3v) is 5.51. The van der Waals surface area contributed by atoms with Crippen LogP contribution in [0.15, 0.2) is 12.2 Å². The molecule has 0 aromatic carbocycles. The predicted octanol–water partition coefficient (Wildman–Crippen LogP) is 7.90. The van der Waals surface area contributed by atoms with Crippen molar-refractivity contribution in [2.24, 2.45) is 0 Å². The van der Waals surface area contributed by atoms with E-state index < -0.39 is 0 Å². The van der Waals surface area contributed by atoms with E-state index in [1.165, 1.54) is 116 Å². The van der Waals surface area contributed by atoms with Crippen molar-refractivity contribution in [3.8, 4) is 0 Å². The number of cyclic esters (lactones) is 1. The van der Waals surface area contributed by atoms with E-state index >= 15 is 0 Å². The van der Waals surface area contributed by atoms with Gasteiger partial charge in [0.25, 0.3) is 0 Å². The molecule has 2 heteroatoms. The van der Waals surface area contributed by atoms with Crippen LogP contribution in [-0.4, -0.2) is 12.6 Å². The summed E-state index contributed by atoms with van der Waals surface area (Å²) in [5.74, 6) is -0.157. The van der Waals surface area contributed by atoms with Gasteiger partial charge in [-0.3, -0.25) is 0 Å². The minimum atomic E-state index is -0.157. The summed E-state index contributed by atoms with van der Waals surface area (Å²) in [4.78, 5) is 11.6. The second-order valence-electron chi connectivity index (χ2n) is 8.08. The van der Waals surface area contributed by atoms with Gasteiger partial charge in [-0.2, -0.15) is 0 Å². The molecule has 0 fully saturated rings. The third kappa shape index (κ3) is 16.7. The minimum absolute atomic E-state index is 0.157. The maximum Gasteiger partial charge on any atom is 0.330 e. The van der Waals surface area contributed by atoms with Crippen molar-refractivity contribution in [2.45, 2.75) is 128 Å². The van der Waals surface area contributed by atoms with E-state index in [1.54, 1.807) is 6.08 Å². The van der Waals surface area contributed by atoms with Gasteiger partial charge in [0.1, 0.15) is 0 Å². The van der Waals surface area contributed by atoms with Gasteiger partial charge in [-0.05, 0) is 19.3 Å². The number of hydrogen-bond donors (Lipinski definition) is 0. The molecule has 0 N–H and O–H groups in total. The van der Waals surface area contributed by atoms with Gasteiger partial charge >= 0.3 is 5.97 Å². The molecular weight excluding hydrogens is 320 g/mol. The molecule has 0 amide bonds. The van der Waals surface area contributed by atoms with Crippen LogP contribution >= 0.6 is 0 Å².